The Hall–Kier alpha value is -1.20. The third-order valence-corrected chi connectivity index (χ3v) is 1.57. The first-order valence-corrected chi connectivity index (χ1v) is 4.60. The second kappa shape index (κ2) is 5.45. The second-order valence-corrected chi connectivity index (χ2v) is 2.74. The summed E-state index contributed by atoms with van der Waals surface area (Å²) in [6, 6.07) is 0. The zero-order valence-electron chi connectivity index (χ0n) is 7.50. The molecule has 0 saturated carbocycles. The van der Waals surface area contributed by atoms with Gasteiger partial charge in [-0.15, -0.1) is 0 Å². The van der Waals surface area contributed by atoms with Gasteiger partial charge in [-0.2, -0.15) is 0 Å². The lowest BCUT2D eigenvalue weighted by Gasteiger charge is -1.91. The highest BCUT2D eigenvalue weighted by Gasteiger charge is 1.92. The Morgan fingerprint density at radius 1 is 1.69 bits per heavy atom. The van der Waals surface area contributed by atoms with Crippen LogP contribution in [-0.4, -0.2) is 9.55 Å². The molecule has 0 aliphatic rings. The predicted octanol–water partition coefficient (Wildman–Crippen LogP) is 2.70. The number of imidazole rings is 1. The van der Waals surface area contributed by atoms with Gasteiger partial charge >= 0.3 is 0 Å². The smallest absolute Gasteiger partial charge is 0.189 e. The molecule has 0 aliphatic heterocycles. The molecule has 68 valence electrons. The first-order chi connectivity index (χ1) is 6.38. The van der Waals surface area contributed by atoms with Crippen LogP contribution in [0.3, 0.4) is 0 Å². The molecule has 0 atom stereocenters. The zero-order chi connectivity index (χ0) is 9.52. The van der Waals surface area contributed by atoms with E-state index in [1.165, 1.54) is 5.54 Å². The van der Waals surface area contributed by atoms with E-state index in [9.17, 15) is 0 Å². The summed E-state index contributed by atoms with van der Waals surface area (Å²) < 4.78 is 1.79. The van der Waals surface area contributed by atoms with Crippen LogP contribution in [0.2, 0.25) is 0 Å². The summed E-state index contributed by atoms with van der Waals surface area (Å²) in [6.07, 6.45) is 7.20. The van der Waals surface area contributed by atoms with Gasteiger partial charge in [0.25, 0.3) is 0 Å². The minimum atomic E-state index is 0.727. The molecule has 0 fully saturated rings. The fourth-order valence-electron chi connectivity index (χ4n) is 0.857. The van der Waals surface area contributed by atoms with Gasteiger partial charge in [-0.3, -0.25) is 4.57 Å². The zero-order valence-corrected chi connectivity index (χ0v) is 8.25. The van der Waals surface area contributed by atoms with E-state index < -0.39 is 0 Å². The van der Waals surface area contributed by atoms with Crippen molar-refractivity contribution < 1.29 is 0 Å². The van der Waals surface area contributed by atoms with Gasteiger partial charge in [-0.1, -0.05) is 24.4 Å². The number of hydrogen-bond donors (Lipinski definition) is 0. The van der Waals surface area contributed by atoms with Crippen LogP contribution >= 0.6 is 11.6 Å². The molecule has 0 radical (unpaired) electrons. The Labute approximate surface area is 83.2 Å². The molecule has 3 heteroatoms. The Balaban J connectivity index is 2.77. The lowest BCUT2D eigenvalue weighted by Crippen LogP contribution is -1.88. The van der Waals surface area contributed by atoms with Gasteiger partial charge < -0.3 is 0 Å². The molecule has 1 aromatic rings. The highest BCUT2D eigenvalue weighted by Crippen LogP contribution is 1.97. The number of nitrogens with zero attached hydrogens (tertiary/aromatic N) is 2. The molecule has 0 N–H and O–H groups in total. The van der Waals surface area contributed by atoms with Crippen LogP contribution < -0.4 is 0 Å². The fraction of sp³-hybridized carbons (Fsp3) is 0.300. The number of aromatic nitrogens is 2. The van der Waals surface area contributed by atoms with Crippen molar-refractivity contribution in [2.24, 2.45) is 0 Å². The molecule has 0 bridgehead atoms. The maximum Gasteiger partial charge on any atom is 0.189 e. The van der Waals surface area contributed by atoms with E-state index in [2.05, 4.69) is 23.7 Å². The van der Waals surface area contributed by atoms with Crippen molar-refractivity contribution in [3.05, 3.63) is 23.8 Å². The fourth-order valence-corrected chi connectivity index (χ4v) is 0.979. The highest BCUT2D eigenvalue weighted by atomic mass is 35.5. The van der Waals surface area contributed by atoms with Gasteiger partial charge in [-0.25, -0.2) is 4.98 Å². The third-order valence-electron chi connectivity index (χ3n) is 1.46. The summed E-state index contributed by atoms with van der Waals surface area (Å²) in [5.74, 6) is 6.72. The molecule has 0 aromatic carbocycles. The van der Waals surface area contributed by atoms with E-state index in [0.717, 1.165) is 18.7 Å². The SMILES string of the molecule is CCCC#Cc1nccn1/C=C/Cl. The third kappa shape index (κ3) is 2.96. The molecule has 2 nitrogen and oxygen atoms in total. The maximum absolute atomic E-state index is 5.45. The quantitative estimate of drug-likeness (QED) is 0.662. The first-order valence-electron chi connectivity index (χ1n) is 4.17. The van der Waals surface area contributed by atoms with Gasteiger partial charge in [0, 0.05) is 30.5 Å². The molecular formula is C10H11ClN2. The lowest BCUT2D eigenvalue weighted by molar-refractivity contribution is 0.981. The molecule has 1 rings (SSSR count). The number of unbranched alkanes of at least 4 members (excludes halogenated alkanes) is 1. The second-order valence-electron chi connectivity index (χ2n) is 2.48. The summed E-state index contributed by atoms with van der Waals surface area (Å²) in [6.45, 7) is 2.10. The van der Waals surface area contributed by atoms with Crippen molar-refractivity contribution in [3.63, 3.8) is 0 Å². The molecule has 0 unspecified atom stereocenters. The summed E-state index contributed by atoms with van der Waals surface area (Å²) in [7, 11) is 0. The molecule has 1 heterocycles. The number of hydrogen-bond acceptors (Lipinski definition) is 1. The molecular weight excluding hydrogens is 184 g/mol. The van der Waals surface area contributed by atoms with Crippen molar-refractivity contribution in [2.75, 3.05) is 0 Å². The summed E-state index contributed by atoms with van der Waals surface area (Å²) in [5.41, 5.74) is 1.44. The molecule has 1 aromatic heterocycles. The first kappa shape index (κ1) is 9.88. The topological polar surface area (TPSA) is 17.8 Å². The van der Waals surface area contributed by atoms with Crippen LogP contribution in [0.25, 0.3) is 6.20 Å². The normalized spacial score (nSPS) is 10.0. The van der Waals surface area contributed by atoms with E-state index in [1.807, 2.05) is 6.20 Å². The monoisotopic (exact) mass is 194 g/mol. The van der Waals surface area contributed by atoms with Crippen molar-refractivity contribution in [2.45, 2.75) is 19.8 Å². The van der Waals surface area contributed by atoms with E-state index in [0.29, 0.717) is 0 Å². The minimum Gasteiger partial charge on any atom is -0.299 e. The Morgan fingerprint density at radius 2 is 2.54 bits per heavy atom. The number of halogens is 1. The van der Waals surface area contributed by atoms with Crippen LogP contribution in [0, 0.1) is 11.8 Å². The summed E-state index contributed by atoms with van der Waals surface area (Å²) in [4.78, 5) is 4.09. The molecule has 13 heavy (non-hydrogen) atoms. The Morgan fingerprint density at radius 3 is 3.23 bits per heavy atom. The van der Waals surface area contributed by atoms with Gasteiger partial charge in [0.15, 0.2) is 5.82 Å². The molecule has 0 amide bonds. The van der Waals surface area contributed by atoms with Gasteiger partial charge in [-0.05, 0) is 12.3 Å². The van der Waals surface area contributed by atoms with Crippen molar-refractivity contribution in [1.29, 1.82) is 0 Å². The Kier molecular flexibility index (Phi) is 4.14. The van der Waals surface area contributed by atoms with E-state index in [1.54, 1.807) is 17.0 Å². The van der Waals surface area contributed by atoms with Crippen LogP contribution in [0.5, 0.6) is 0 Å². The van der Waals surface area contributed by atoms with Crippen molar-refractivity contribution >= 4 is 17.8 Å². The van der Waals surface area contributed by atoms with Crippen molar-refractivity contribution in [1.82, 2.24) is 9.55 Å². The standard InChI is InChI=1S/C10H11ClN2/c1-2-3-4-5-10-12-7-9-13(10)8-6-11/h6-9H,2-3H2,1H3/b8-6+. The molecule has 0 aliphatic carbocycles. The minimum absolute atomic E-state index is 0.727. The highest BCUT2D eigenvalue weighted by molar-refractivity contribution is 6.26. The van der Waals surface area contributed by atoms with Crippen LogP contribution in [0.1, 0.15) is 25.6 Å². The number of rotatable bonds is 2. The van der Waals surface area contributed by atoms with Gasteiger partial charge in [0.05, 0.1) is 0 Å². The molecule has 0 saturated heterocycles. The maximum atomic E-state index is 5.45. The average Bonchev–Trinajstić information content (AvgIpc) is 2.54. The summed E-state index contributed by atoms with van der Waals surface area (Å²) >= 11 is 5.45. The van der Waals surface area contributed by atoms with Gasteiger partial charge in [0.1, 0.15) is 0 Å². The van der Waals surface area contributed by atoms with E-state index in [-0.39, 0.29) is 0 Å². The Bertz CT molecular complexity index is 341. The van der Waals surface area contributed by atoms with Crippen LogP contribution in [0.4, 0.5) is 0 Å². The average molecular weight is 195 g/mol. The van der Waals surface area contributed by atoms with Gasteiger partial charge in [0.2, 0.25) is 0 Å². The van der Waals surface area contributed by atoms with E-state index >= 15 is 0 Å². The van der Waals surface area contributed by atoms with Crippen LogP contribution in [-0.2, 0) is 0 Å². The lowest BCUT2D eigenvalue weighted by atomic mass is 10.3. The summed E-state index contributed by atoms with van der Waals surface area (Å²) in [5, 5.41) is 0. The van der Waals surface area contributed by atoms with Crippen molar-refractivity contribution in [3.8, 4) is 11.8 Å². The predicted molar refractivity (Wildman–Crippen MR) is 55.2 cm³/mol. The molecule has 0 spiro atoms. The van der Waals surface area contributed by atoms with E-state index in [4.69, 9.17) is 11.6 Å². The largest absolute Gasteiger partial charge is 0.299 e. The van der Waals surface area contributed by atoms with Crippen LogP contribution in [0.15, 0.2) is 17.9 Å².